The molecule has 100 valence electrons. The summed E-state index contributed by atoms with van der Waals surface area (Å²) < 4.78 is 0. The van der Waals surface area contributed by atoms with Gasteiger partial charge in [0.2, 0.25) is 5.91 Å². The number of amides is 1. The van der Waals surface area contributed by atoms with E-state index >= 15 is 0 Å². The van der Waals surface area contributed by atoms with Crippen LogP contribution in [-0.4, -0.2) is 37.0 Å². The molecular weight excluding hydrogens is 262 g/mol. The van der Waals surface area contributed by atoms with Crippen LogP contribution in [0.2, 0.25) is 5.02 Å². The first-order valence-electron chi connectivity index (χ1n) is 6.36. The molecule has 0 aliphatic carbocycles. The van der Waals surface area contributed by atoms with E-state index in [-0.39, 0.29) is 5.91 Å². The third-order valence-electron chi connectivity index (χ3n) is 3.26. The van der Waals surface area contributed by atoms with Crippen molar-refractivity contribution in [2.75, 3.05) is 31.1 Å². The second-order valence-electron chi connectivity index (χ2n) is 4.51. The maximum atomic E-state index is 11.8. The first kappa shape index (κ1) is 13.7. The molecule has 0 unspecified atom stereocenters. The Balaban J connectivity index is 1.89. The molecule has 1 fully saturated rings. The Labute approximate surface area is 118 Å². The number of benzene rings is 1. The Morgan fingerprint density at radius 3 is 2.68 bits per heavy atom. The number of halogens is 1. The van der Waals surface area contributed by atoms with Crippen LogP contribution in [-0.2, 0) is 4.79 Å². The van der Waals surface area contributed by atoms with Crippen molar-refractivity contribution in [2.24, 2.45) is 0 Å². The predicted octanol–water partition coefficient (Wildman–Crippen LogP) is 2.29. The monoisotopic (exact) mass is 277 g/mol. The number of carbonyl (C=O) groups is 1. The van der Waals surface area contributed by atoms with E-state index in [1.165, 1.54) is 0 Å². The lowest BCUT2D eigenvalue weighted by Gasteiger charge is -2.36. The molecule has 0 N–H and O–H groups in total. The van der Waals surface area contributed by atoms with Crippen molar-refractivity contribution in [3.8, 4) is 6.07 Å². The van der Waals surface area contributed by atoms with Crippen molar-refractivity contribution < 1.29 is 4.79 Å². The van der Waals surface area contributed by atoms with E-state index in [2.05, 4.69) is 4.90 Å². The number of hydrogen-bond donors (Lipinski definition) is 0. The van der Waals surface area contributed by atoms with Gasteiger partial charge >= 0.3 is 0 Å². The van der Waals surface area contributed by atoms with Gasteiger partial charge in [-0.2, -0.15) is 5.26 Å². The van der Waals surface area contributed by atoms with Crippen LogP contribution in [0.4, 0.5) is 5.69 Å². The number of nitrogens with zero attached hydrogens (tertiary/aromatic N) is 3. The standard InChI is InChI=1S/C14H16ClN3O/c15-12-3-1-4-13(11-12)17-7-9-18(10-8-17)14(19)5-2-6-16/h1,3-4,11H,2,5,7-10H2. The highest BCUT2D eigenvalue weighted by Gasteiger charge is 2.20. The first-order valence-corrected chi connectivity index (χ1v) is 6.74. The lowest BCUT2D eigenvalue weighted by atomic mass is 10.2. The van der Waals surface area contributed by atoms with Crippen molar-refractivity contribution in [3.05, 3.63) is 29.3 Å². The minimum Gasteiger partial charge on any atom is -0.368 e. The van der Waals surface area contributed by atoms with Crippen molar-refractivity contribution in [3.63, 3.8) is 0 Å². The number of carbonyl (C=O) groups excluding carboxylic acids is 1. The van der Waals surface area contributed by atoms with E-state index < -0.39 is 0 Å². The van der Waals surface area contributed by atoms with Crippen LogP contribution in [0.5, 0.6) is 0 Å². The number of hydrogen-bond acceptors (Lipinski definition) is 3. The lowest BCUT2D eigenvalue weighted by Crippen LogP contribution is -2.48. The summed E-state index contributed by atoms with van der Waals surface area (Å²) in [5, 5.41) is 9.22. The molecule has 1 aromatic carbocycles. The van der Waals surface area contributed by atoms with Crippen LogP contribution in [0, 0.1) is 11.3 Å². The Bertz CT molecular complexity index is 490. The van der Waals surface area contributed by atoms with Crippen LogP contribution in [0.1, 0.15) is 12.8 Å². The van der Waals surface area contributed by atoms with Gasteiger partial charge in [-0.05, 0) is 18.2 Å². The summed E-state index contributed by atoms with van der Waals surface area (Å²) in [6, 6.07) is 9.76. The summed E-state index contributed by atoms with van der Waals surface area (Å²) in [5.41, 5.74) is 1.09. The molecule has 1 aliphatic rings. The zero-order valence-corrected chi connectivity index (χ0v) is 11.4. The largest absolute Gasteiger partial charge is 0.368 e. The van der Waals surface area contributed by atoms with Gasteiger partial charge in [0.05, 0.1) is 6.07 Å². The number of nitriles is 1. The third kappa shape index (κ3) is 3.62. The smallest absolute Gasteiger partial charge is 0.223 e. The SMILES string of the molecule is N#CCCC(=O)N1CCN(c2cccc(Cl)c2)CC1. The van der Waals surface area contributed by atoms with Gasteiger partial charge in [-0.15, -0.1) is 0 Å². The van der Waals surface area contributed by atoms with Gasteiger partial charge < -0.3 is 9.80 Å². The molecule has 1 aliphatic heterocycles. The summed E-state index contributed by atoms with van der Waals surface area (Å²) in [4.78, 5) is 15.8. The van der Waals surface area contributed by atoms with Gasteiger partial charge in [0.15, 0.2) is 0 Å². The van der Waals surface area contributed by atoms with E-state index in [4.69, 9.17) is 16.9 Å². The maximum absolute atomic E-state index is 11.8. The highest BCUT2D eigenvalue weighted by atomic mass is 35.5. The fraction of sp³-hybridized carbons (Fsp3) is 0.429. The van der Waals surface area contributed by atoms with Crippen LogP contribution in [0.3, 0.4) is 0 Å². The molecule has 0 radical (unpaired) electrons. The first-order chi connectivity index (χ1) is 9.20. The second kappa shape index (κ2) is 6.44. The molecule has 2 rings (SSSR count). The van der Waals surface area contributed by atoms with Gasteiger partial charge in [-0.1, -0.05) is 17.7 Å². The summed E-state index contributed by atoms with van der Waals surface area (Å²) in [5.74, 6) is 0.0762. The summed E-state index contributed by atoms with van der Waals surface area (Å²) in [6.07, 6.45) is 0.626. The van der Waals surface area contributed by atoms with Gasteiger partial charge in [-0.3, -0.25) is 4.79 Å². The highest BCUT2D eigenvalue weighted by Crippen LogP contribution is 2.20. The van der Waals surface area contributed by atoms with Crippen LogP contribution in [0.25, 0.3) is 0 Å². The molecule has 5 heteroatoms. The molecule has 0 saturated carbocycles. The van der Waals surface area contributed by atoms with Crippen LogP contribution < -0.4 is 4.90 Å². The molecule has 1 saturated heterocycles. The number of piperazine rings is 1. The Morgan fingerprint density at radius 2 is 2.05 bits per heavy atom. The van der Waals surface area contributed by atoms with Gasteiger partial charge in [0.1, 0.15) is 0 Å². The summed E-state index contributed by atoms with van der Waals surface area (Å²) >= 11 is 5.98. The van der Waals surface area contributed by atoms with Gasteiger partial charge in [0.25, 0.3) is 0 Å². The molecule has 0 atom stereocenters. The second-order valence-corrected chi connectivity index (χ2v) is 4.94. The highest BCUT2D eigenvalue weighted by molar-refractivity contribution is 6.30. The van der Waals surface area contributed by atoms with Crippen molar-refractivity contribution >= 4 is 23.2 Å². The van der Waals surface area contributed by atoms with Gasteiger partial charge in [0, 0.05) is 49.7 Å². The lowest BCUT2D eigenvalue weighted by molar-refractivity contribution is -0.131. The Hall–Kier alpha value is -1.73. The van der Waals surface area contributed by atoms with E-state index in [1.54, 1.807) is 0 Å². The van der Waals surface area contributed by atoms with Crippen molar-refractivity contribution in [1.29, 1.82) is 5.26 Å². The molecule has 1 heterocycles. The predicted molar refractivity (Wildman–Crippen MR) is 75.1 cm³/mol. The molecule has 4 nitrogen and oxygen atoms in total. The van der Waals surface area contributed by atoms with Crippen LogP contribution >= 0.6 is 11.6 Å². The van der Waals surface area contributed by atoms with E-state index in [1.807, 2.05) is 35.2 Å². The van der Waals surface area contributed by atoms with Crippen molar-refractivity contribution in [1.82, 2.24) is 4.90 Å². The molecule has 0 aromatic heterocycles. The normalized spacial score (nSPS) is 15.2. The Kier molecular flexibility index (Phi) is 4.64. The minimum atomic E-state index is 0.0762. The summed E-state index contributed by atoms with van der Waals surface area (Å²) in [7, 11) is 0. The average molecular weight is 278 g/mol. The maximum Gasteiger partial charge on any atom is 0.223 e. The zero-order chi connectivity index (χ0) is 13.7. The molecule has 0 bridgehead atoms. The third-order valence-corrected chi connectivity index (χ3v) is 3.49. The summed E-state index contributed by atoms with van der Waals surface area (Å²) in [6.45, 7) is 3.02. The number of rotatable bonds is 3. The number of anilines is 1. The average Bonchev–Trinajstić information content (AvgIpc) is 2.45. The molecule has 1 aromatic rings. The van der Waals surface area contributed by atoms with Gasteiger partial charge in [-0.25, -0.2) is 0 Å². The van der Waals surface area contributed by atoms with Crippen molar-refractivity contribution in [2.45, 2.75) is 12.8 Å². The van der Waals surface area contributed by atoms with E-state index in [9.17, 15) is 4.79 Å². The fourth-order valence-corrected chi connectivity index (χ4v) is 2.39. The van der Waals surface area contributed by atoms with E-state index in [0.717, 1.165) is 23.8 Å². The molecule has 1 amide bonds. The van der Waals surface area contributed by atoms with E-state index in [0.29, 0.717) is 25.9 Å². The topological polar surface area (TPSA) is 47.3 Å². The molecule has 0 spiro atoms. The molecule has 19 heavy (non-hydrogen) atoms. The minimum absolute atomic E-state index is 0.0762. The Morgan fingerprint density at radius 1 is 1.32 bits per heavy atom. The fourth-order valence-electron chi connectivity index (χ4n) is 2.21. The molecular formula is C14H16ClN3O. The quantitative estimate of drug-likeness (QED) is 0.852. The van der Waals surface area contributed by atoms with Crippen LogP contribution in [0.15, 0.2) is 24.3 Å². The zero-order valence-electron chi connectivity index (χ0n) is 10.7.